The topological polar surface area (TPSA) is 124 Å². The van der Waals surface area contributed by atoms with E-state index in [0.29, 0.717) is 0 Å². The summed E-state index contributed by atoms with van der Waals surface area (Å²) in [6, 6.07) is 0. The molecule has 0 aromatic heterocycles. The van der Waals surface area contributed by atoms with Crippen LogP contribution in [0.15, 0.2) is 0 Å². The van der Waals surface area contributed by atoms with Gasteiger partial charge < -0.3 is 19.6 Å². The van der Waals surface area contributed by atoms with Gasteiger partial charge in [0.25, 0.3) is 0 Å². The van der Waals surface area contributed by atoms with Crippen molar-refractivity contribution in [3.63, 3.8) is 0 Å². The molecule has 0 saturated carbocycles. The Morgan fingerprint density at radius 1 is 1.22 bits per heavy atom. The summed E-state index contributed by atoms with van der Waals surface area (Å²) in [6.45, 7) is 0. The van der Waals surface area contributed by atoms with Gasteiger partial charge in [0.2, 0.25) is 2.86 Å². The van der Waals surface area contributed by atoms with Crippen LogP contribution in [0.2, 0.25) is 0 Å². The number of phosphoric acid groups is 2. The van der Waals surface area contributed by atoms with Crippen molar-refractivity contribution in [1.82, 2.24) is 0 Å². The van der Waals surface area contributed by atoms with Crippen LogP contribution in [0.5, 0.6) is 0 Å². The quantitative estimate of drug-likeness (QED) is 0.419. The molecule has 0 aromatic carbocycles. The smallest absolute Gasteiger partial charge is 0.302 e. The average molecular weight is 182 g/mol. The van der Waals surface area contributed by atoms with Crippen LogP contribution in [0.25, 0.3) is 0 Å². The number of rotatable bonds is 4. The Morgan fingerprint density at radius 3 is 1.78 bits per heavy atom. The Labute approximate surface area is 52.7 Å². The zero-order chi connectivity index (χ0) is 9.12. The highest BCUT2D eigenvalue weighted by molar-refractivity contribution is 7.60. The van der Waals surface area contributed by atoms with Gasteiger partial charge in [-0.05, 0) is 0 Å². The van der Waals surface area contributed by atoms with E-state index in [0.717, 1.165) is 0 Å². The SMILES string of the molecule is [3H]OP(=O)(O[3H])OP(=O)(O)O. The second-order valence-corrected chi connectivity index (χ2v) is 3.55. The van der Waals surface area contributed by atoms with Gasteiger partial charge in [-0.1, -0.05) is 0 Å². The molecule has 0 amide bonds. The molecule has 0 aliphatic rings. The maximum absolute atomic E-state index is 10.4. The van der Waals surface area contributed by atoms with Crippen molar-refractivity contribution >= 4 is 15.6 Å². The fourth-order valence-corrected chi connectivity index (χ4v) is 1.17. The van der Waals surface area contributed by atoms with E-state index in [-0.39, 0.29) is 0 Å². The maximum Gasteiger partial charge on any atom is 0.478 e. The monoisotopic (exact) mass is 182 g/mol. The van der Waals surface area contributed by atoms with Gasteiger partial charge in [-0.3, -0.25) is 0 Å². The van der Waals surface area contributed by atoms with Crippen molar-refractivity contribution in [2.75, 3.05) is 0 Å². The lowest BCUT2D eigenvalue weighted by atomic mass is 15.7. The highest BCUT2D eigenvalue weighted by atomic mass is 31.3. The zero-order valence-electron chi connectivity index (χ0n) is 5.83. The van der Waals surface area contributed by atoms with Crippen molar-refractivity contribution in [1.29, 1.82) is 2.86 Å². The van der Waals surface area contributed by atoms with Crippen molar-refractivity contribution in [3.05, 3.63) is 0 Å². The molecule has 56 valence electrons. The molecule has 0 bridgehead atoms. The molecule has 0 aliphatic carbocycles. The van der Waals surface area contributed by atoms with E-state index in [9.17, 15) is 9.13 Å². The minimum atomic E-state index is -5.07. The van der Waals surface area contributed by atoms with Gasteiger partial charge in [0.1, 0.15) is 0 Å². The first-order valence-corrected chi connectivity index (χ1v) is 4.49. The Balaban J connectivity index is 4.34. The Hall–Kier alpha value is 0.260. The summed E-state index contributed by atoms with van der Waals surface area (Å²) >= 11 is 0. The van der Waals surface area contributed by atoms with Crippen LogP contribution in [0, 0.1) is 0 Å². The first-order chi connectivity index (χ1) is 4.83. The first-order valence-electron chi connectivity index (χ1n) is 2.31. The van der Waals surface area contributed by atoms with E-state index in [1.54, 1.807) is 0 Å². The van der Waals surface area contributed by atoms with E-state index in [4.69, 9.17) is 12.6 Å². The summed E-state index contributed by atoms with van der Waals surface area (Å²) in [5.74, 6) is 0. The standard InChI is InChI=1S/H4O7P2/c1-8(2,3)7-9(4,5)6/h(H2,1,2,3)(H2,4,5,6)/i/hT2. The predicted octanol–water partition coefficient (Wildman–Crippen LogP) is -0.812. The summed E-state index contributed by atoms with van der Waals surface area (Å²) in [5, 5.41) is 0. The maximum atomic E-state index is 10.4. The Kier molecular flexibility index (Phi) is 1.65. The number of hydrogen-bond acceptors (Lipinski definition) is 5. The molecule has 0 rings (SSSR count). The summed E-state index contributed by atoms with van der Waals surface area (Å²) in [7, 11) is -9.81. The van der Waals surface area contributed by atoms with Crippen molar-refractivity contribution in [3.8, 4) is 0 Å². The lowest BCUT2D eigenvalue weighted by Gasteiger charge is -2.03. The van der Waals surface area contributed by atoms with Crippen molar-refractivity contribution in [2.24, 2.45) is 0 Å². The van der Waals surface area contributed by atoms with Gasteiger partial charge in [0, 0.05) is 0 Å². The molecule has 0 fully saturated rings. The predicted molar refractivity (Wildman–Crippen MR) is 25.2 cm³/mol. The third kappa shape index (κ3) is 8.26. The fraction of sp³-hybridized carbons (Fsp3) is 0. The first kappa shape index (κ1) is 6.00. The van der Waals surface area contributed by atoms with Gasteiger partial charge in [-0.25, -0.2) is 9.13 Å². The van der Waals surface area contributed by atoms with Gasteiger partial charge in [-0.15, -0.1) is 0 Å². The lowest BCUT2D eigenvalue weighted by Crippen LogP contribution is -1.84. The third-order valence-electron chi connectivity index (χ3n) is 0.206. The van der Waals surface area contributed by atoms with Crippen LogP contribution in [0.4, 0.5) is 0 Å². The molecule has 9 heavy (non-hydrogen) atoms. The van der Waals surface area contributed by atoms with Crippen LogP contribution < -0.4 is 0 Å². The van der Waals surface area contributed by atoms with E-state index in [2.05, 4.69) is 14.1 Å². The van der Waals surface area contributed by atoms with Crippen LogP contribution in [-0.4, -0.2) is 22.4 Å². The van der Waals surface area contributed by atoms with Crippen molar-refractivity contribution < 1.29 is 33.0 Å². The molecule has 9 heteroatoms. The largest absolute Gasteiger partial charge is 0.478 e. The number of hydrogen-bond donors (Lipinski definition) is 4. The lowest BCUT2D eigenvalue weighted by molar-refractivity contribution is 0.225. The summed E-state index contributed by atoms with van der Waals surface area (Å²) < 4.78 is 35.6. The molecule has 0 radical (unpaired) electrons. The molecule has 0 saturated heterocycles. The Bertz CT molecular complexity index is 196. The minimum absolute atomic E-state index is 3.14. The van der Waals surface area contributed by atoms with Gasteiger partial charge in [-0.2, -0.15) is 4.31 Å². The normalized spacial score (nSPS) is 16.7. The molecule has 0 unspecified atom stereocenters. The van der Waals surface area contributed by atoms with E-state index in [1.165, 1.54) is 0 Å². The molecular weight excluding hydrogens is 174 g/mol. The summed E-state index contributed by atoms with van der Waals surface area (Å²) in [5.41, 5.74) is 0. The highest BCUT2D eigenvalue weighted by Crippen LogP contribution is 2.53. The fourth-order valence-electron chi connectivity index (χ4n) is 0.130. The third-order valence-corrected chi connectivity index (χ3v) is 1.86. The molecular formula is H4O7P2. The zero-order valence-corrected chi connectivity index (χ0v) is 5.62. The van der Waals surface area contributed by atoms with Crippen LogP contribution >= 0.6 is 15.6 Å². The second-order valence-electron chi connectivity index (χ2n) is 1.02. The minimum Gasteiger partial charge on any atom is -0.302 e. The van der Waals surface area contributed by atoms with Crippen LogP contribution in [0.1, 0.15) is 0 Å². The molecule has 0 spiro atoms. The average Bonchev–Trinajstić information content (AvgIpc) is 1.84. The van der Waals surface area contributed by atoms with E-state index >= 15 is 0 Å². The molecule has 4 N–H and O–H groups in total. The van der Waals surface area contributed by atoms with Gasteiger partial charge in [0.15, 0.2) is 0 Å². The molecule has 0 aliphatic heterocycles. The highest BCUT2D eigenvalue weighted by Gasteiger charge is 2.27. The Morgan fingerprint density at radius 2 is 1.67 bits per heavy atom. The van der Waals surface area contributed by atoms with Crippen molar-refractivity contribution in [2.45, 2.75) is 0 Å². The summed E-state index contributed by atoms with van der Waals surface area (Å²) in [6.07, 6.45) is 0. The van der Waals surface area contributed by atoms with Gasteiger partial charge in [0.05, 0.1) is 0 Å². The summed E-state index contributed by atoms with van der Waals surface area (Å²) in [4.78, 5) is 22.3. The van der Waals surface area contributed by atoms with Gasteiger partial charge >= 0.3 is 15.6 Å². The second kappa shape index (κ2) is 2.48. The molecule has 0 aromatic rings. The van der Waals surface area contributed by atoms with Crippen LogP contribution in [0.3, 0.4) is 0 Å². The molecule has 7 nitrogen and oxygen atoms in total. The van der Waals surface area contributed by atoms with Crippen LogP contribution in [-0.2, 0) is 13.4 Å². The van der Waals surface area contributed by atoms with E-state index < -0.39 is 15.6 Å². The molecule has 0 heterocycles. The molecule has 0 atom stereocenters. The van der Waals surface area contributed by atoms with E-state index in [1.807, 2.05) is 0 Å².